The summed E-state index contributed by atoms with van der Waals surface area (Å²) in [6.45, 7) is 5.98. The first-order valence-electron chi connectivity index (χ1n) is 7.66. The van der Waals surface area contributed by atoms with E-state index >= 15 is 0 Å². The number of piperazine rings is 1. The van der Waals surface area contributed by atoms with Gasteiger partial charge in [-0.25, -0.2) is 0 Å². The van der Waals surface area contributed by atoms with Gasteiger partial charge in [0.1, 0.15) is 12.1 Å². The third kappa shape index (κ3) is 2.69. The second kappa shape index (κ2) is 6.37. The van der Waals surface area contributed by atoms with E-state index in [1.165, 1.54) is 0 Å². The molecule has 2 fully saturated rings. The van der Waals surface area contributed by atoms with Crippen molar-refractivity contribution in [2.45, 2.75) is 69.8 Å². The zero-order valence-electron chi connectivity index (χ0n) is 12.9. The molecule has 20 heavy (non-hydrogen) atoms. The number of thioether (sulfide) groups is 1. The number of carbonyl (C=O) groups excluding carboxylic acids is 2. The van der Waals surface area contributed by atoms with E-state index in [0.717, 1.165) is 19.3 Å². The average molecular weight is 298 g/mol. The average Bonchev–Trinajstić information content (AvgIpc) is 2.87. The summed E-state index contributed by atoms with van der Waals surface area (Å²) in [5.41, 5.74) is 0. The lowest BCUT2D eigenvalue weighted by molar-refractivity contribution is -0.153. The summed E-state index contributed by atoms with van der Waals surface area (Å²) in [7, 11) is 0. The summed E-state index contributed by atoms with van der Waals surface area (Å²) in [5.74, 6) is 0.288. The fourth-order valence-electron chi connectivity index (χ4n) is 3.48. The van der Waals surface area contributed by atoms with E-state index in [0.29, 0.717) is 11.7 Å². The number of amides is 2. The molecule has 1 aliphatic heterocycles. The molecule has 4 unspecified atom stereocenters. The van der Waals surface area contributed by atoms with Crippen molar-refractivity contribution in [1.82, 2.24) is 10.2 Å². The van der Waals surface area contributed by atoms with E-state index in [1.807, 2.05) is 37.4 Å². The van der Waals surface area contributed by atoms with Crippen LogP contribution >= 0.6 is 11.8 Å². The van der Waals surface area contributed by atoms with Crippen molar-refractivity contribution in [3.05, 3.63) is 0 Å². The van der Waals surface area contributed by atoms with Crippen LogP contribution in [0.5, 0.6) is 0 Å². The lowest BCUT2D eigenvalue weighted by Gasteiger charge is -2.44. The SMILES string of the molecule is CCC1C(=O)NC(C(C)C)C(=O)N1C1CCCC1SC. The van der Waals surface area contributed by atoms with Crippen LogP contribution in [0.25, 0.3) is 0 Å². The molecule has 2 rings (SSSR count). The molecule has 5 heteroatoms. The van der Waals surface area contributed by atoms with Crippen LogP contribution in [0.4, 0.5) is 0 Å². The molecule has 1 heterocycles. The molecule has 1 saturated carbocycles. The molecule has 1 aliphatic carbocycles. The first-order valence-corrected chi connectivity index (χ1v) is 8.95. The Morgan fingerprint density at radius 3 is 2.60 bits per heavy atom. The number of hydrogen-bond donors (Lipinski definition) is 1. The highest BCUT2D eigenvalue weighted by Crippen LogP contribution is 2.35. The van der Waals surface area contributed by atoms with Gasteiger partial charge < -0.3 is 10.2 Å². The van der Waals surface area contributed by atoms with Crippen LogP contribution in [0.3, 0.4) is 0 Å². The van der Waals surface area contributed by atoms with E-state index in [1.54, 1.807) is 0 Å². The first-order chi connectivity index (χ1) is 9.51. The molecular weight excluding hydrogens is 272 g/mol. The fraction of sp³-hybridized carbons (Fsp3) is 0.867. The van der Waals surface area contributed by atoms with Crippen LogP contribution in [0.1, 0.15) is 46.5 Å². The van der Waals surface area contributed by atoms with E-state index in [9.17, 15) is 9.59 Å². The van der Waals surface area contributed by atoms with Crippen LogP contribution in [0, 0.1) is 5.92 Å². The van der Waals surface area contributed by atoms with E-state index in [-0.39, 0.29) is 35.9 Å². The second-order valence-electron chi connectivity index (χ2n) is 6.17. The maximum atomic E-state index is 12.8. The van der Waals surface area contributed by atoms with Crippen LogP contribution < -0.4 is 5.32 Å². The lowest BCUT2D eigenvalue weighted by atomic mass is 9.95. The van der Waals surface area contributed by atoms with Gasteiger partial charge >= 0.3 is 0 Å². The standard InChI is InChI=1S/C15H26N2O2S/c1-5-10-14(18)16-13(9(2)3)15(19)17(10)11-7-6-8-12(11)20-4/h9-13H,5-8H2,1-4H3,(H,16,18). The van der Waals surface area contributed by atoms with Gasteiger partial charge in [-0.1, -0.05) is 27.2 Å². The molecule has 0 aromatic rings. The first kappa shape index (κ1) is 15.7. The third-order valence-corrected chi connectivity index (χ3v) is 5.74. The van der Waals surface area contributed by atoms with E-state index in [4.69, 9.17) is 0 Å². The molecule has 0 bridgehead atoms. The predicted molar refractivity (Wildman–Crippen MR) is 82.6 cm³/mol. The van der Waals surface area contributed by atoms with E-state index < -0.39 is 0 Å². The smallest absolute Gasteiger partial charge is 0.246 e. The zero-order chi connectivity index (χ0) is 14.9. The van der Waals surface area contributed by atoms with Gasteiger partial charge in [0, 0.05) is 11.3 Å². The molecule has 0 aromatic heterocycles. The van der Waals surface area contributed by atoms with Gasteiger partial charge in [0.25, 0.3) is 0 Å². The van der Waals surface area contributed by atoms with Crippen molar-refractivity contribution in [1.29, 1.82) is 0 Å². The maximum Gasteiger partial charge on any atom is 0.246 e. The highest BCUT2D eigenvalue weighted by molar-refractivity contribution is 7.99. The van der Waals surface area contributed by atoms with Gasteiger partial charge in [-0.15, -0.1) is 0 Å². The summed E-state index contributed by atoms with van der Waals surface area (Å²) in [4.78, 5) is 27.1. The Labute approximate surface area is 126 Å². The number of nitrogens with one attached hydrogen (secondary N) is 1. The van der Waals surface area contributed by atoms with Gasteiger partial charge in [-0.2, -0.15) is 11.8 Å². The molecule has 2 amide bonds. The Bertz CT molecular complexity index is 386. The molecule has 1 N–H and O–H groups in total. The normalized spacial score (nSPS) is 34.8. The summed E-state index contributed by atoms with van der Waals surface area (Å²) in [6.07, 6.45) is 6.15. The van der Waals surface area contributed by atoms with Crippen molar-refractivity contribution >= 4 is 23.6 Å². The summed E-state index contributed by atoms with van der Waals surface area (Å²) >= 11 is 1.83. The summed E-state index contributed by atoms with van der Waals surface area (Å²) in [5, 5.41) is 3.39. The number of carbonyl (C=O) groups is 2. The number of hydrogen-bond acceptors (Lipinski definition) is 3. The number of rotatable bonds is 4. The summed E-state index contributed by atoms with van der Waals surface area (Å²) in [6, 6.07) is -0.404. The van der Waals surface area contributed by atoms with E-state index in [2.05, 4.69) is 11.6 Å². The monoisotopic (exact) mass is 298 g/mol. The minimum absolute atomic E-state index is 0.0255. The molecule has 114 valence electrons. The van der Waals surface area contributed by atoms with Gasteiger partial charge in [-0.05, 0) is 31.4 Å². The van der Waals surface area contributed by atoms with Gasteiger partial charge in [0.2, 0.25) is 11.8 Å². The highest BCUT2D eigenvalue weighted by atomic mass is 32.2. The van der Waals surface area contributed by atoms with Crippen molar-refractivity contribution < 1.29 is 9.59 Å². The quantitative estimate of drug-likeness (QED) is 0.864. The third-order valence-electron chi connectivity index (χ3n) is 4.59. The number of nitrogens with zero attached hydrogens (tertiary/aromatic N) is 1. The Balaban J connectivity index is 2.29. The summed E-state index contributed by atoms with van der Waals surface area (Å²) < 4.78 is 0. The van der Waals surface area contributed by atoms with Gasteiger partial charge in [0.05, 0.1) is 0 Å². The molecule has 2 aliphatic rings. The van der Waals surface area contributed by atoms with Crippen molar-refractivity contribution in [2.75, 3.05) is 6.26 Å². The highest BCUT2D eigenvalue weighted by Gasteiger charge is 2.46. The minimum atomic E-state index is -0.353. The Morgan fingerprint density at radius 1 is 1.35 bits per heavy atom. The molecular formula is C15H26N2O2S. The molecule has 4 nitrogen and oxygen atoms in total. The predicted octanol–water partition coefficient (Wildman–Crippen LogP) is 2.03. The minimum Gasteiger partial charge on any atom is -0.342 e. The molecule has 0 radical (unpaired) electrons. The Hall–Kier alpha value is -0.710. The van der Waals surface area contributed by atoms with Gasteiger partial charge in [-0.3, -0.25) is 9.59 Å². The Morgan fingerprint density at radius 2 is 2.05 bits per heavy atom. The van der Waals surface area contributed by atoms with Gasteiger partial charge in [0.15, 0.2) is 0 Å². The Kier molecular flexibility index (Phi) is 4.99. The van der Waals surface area contributed by atoms with Crippen LogP contribution in [-0.4, -0.2) is 46.3 Å². The van der Waals surface area contributed by atoms with Crippen LogP contribution in [-0.2, 0) is 9.59 Å². The fourth-order valence-corrected chi connectivity index (χ4v) is 4.46. The molecule has 0 aromatic carbocycles. The maximum absolute atomic E-state index is 12.8. The topological polar surface area (TPSA) is 49.4 Å². The molecule has 4 atom stereocenters. The largest absolute Gasteiger partial charge is 0.342 e. The lowest BCUT2D eigenvalue weighted by Crippen LogP contribution is -2.67. The van der Waals surface area contributed by atoms with Crippen molar-refractivity contribution in [3.63, 3.8) is 0 Å². The van der Waals surface area contributed by atoms with Crippen molar-refractivity contribution in [3.8, 4) is 0 Å². The van der Waals surface area contributed by atoms with Crippen LogP contribution in [0.2, 0.25) is 0 Å². The molecule has 0 spiro atoms. The zero-order valence-corrected chi connectivity index (χ0v) is 13.7. The van der Waals surface area contributed by atoms with Crippen LogP contribution in [0.15, 0.2) is 0 Å². The molecule has 1 saturated heterocycles. The second-order valence-corrected chi connectivity index (χ2v) is 7.25. The van der Waals surface area contributed by atoms with Crippen molar-refractivity contribution in [2.24, 2.45) is 5.92 Å².